The zero-order valence-corrected chi connectivity index (χ0v) is 16.6. The van der Waals surface area contributed by atoms with Gasteiger partial charge >= 0.3 is 5.54 Å². The molecular formula is C22H21ClN2O2. The van der Waals surface area contributed by atoms with Crippen LogP contribution in [0.5, 0.6) is 0 Å². The van der Waals surface area contributed by atoms with Gasteiger partial charge in [-0.15, -0.1) is 6.58 Å². The normalized spacial score (nSPS) is 35.9. The number of carbonyl (C=O) groups excluding carboxylic acids is 2. The minimum atomic E-state index is -1.53. The van der Waals surface area contributed by atoms with Gasteiger partial charge in [0.2, 0.25) is 11.7 Å². The average molecular weight is 381 g/mol. The predicted octanol–water partition coefficient (Wildman–Crippen LogP) is 4.41. The molecule has 0 radical (unpaired) electrons. The Morgan fingerprint density at radius 3 is 2.56 bits per heavy atom. The third kappa shape index (κ3) is 1.70. The van der Waals surface area contributed by atoms with Crippen molar-refractivity contribution >= 4 is 29.0 Å². The molecule has 138 valence electrons. The zero-order chi connectivity index (χ0) is 19.9. The molecule has 4 rings (SSSR count). The van der Waals surface area contributed by atoms with E-state index in [4.69, 9.17) is 18.2 Å². The van der Waals surface area contributed by atoms with E-state index in [1.165, 1.54) is 0 Å². The first-order chi connectivity index (χ1) is 12.6. The highest BCUT2D eigenvalue weighted by Gasteiger charge is 2.72. The Kier molecular flexibility index (Phi) is 3.41. The third-order valence-corrected chi connectivity index (χ3v) is 7.54. The van der Waals surface area contributed by atoms with Gasteiger partial charge in [0.25, 0.3) is 0 Å². The highest BCUT2D eigenvalue weighted by Crippen LogP contribution is 2.65. The molecule has 1 aromatic carbocycles. The molecule has 0 spiro atoms. The summed E-state index contributed by atoms with van der Waals surface area (Å²) in [5, 5.41) is 0.435. The van der Waals surface area contributed by atoms with Crippen molar-refractivity contribution in [3.63, 3.8) is 0 Å². The predicted molar refractivity (Wildman–Crippen MR) is 105 cm³/mol. The lowest BCUT2D eigenvalue weighted by Gasteiger charge is -2.43. The van der Waals surface area contributed by atoms with Crippen molar-refractivity contribution in [1.82, 2.24) is 0 Å². The van der Waals surface area contributed by atoms with Crippen molar-refractivity contribution in [3.05, 3.63) is 64.5 Å². The Morgan fingerprint density at radius 2 is 1.96 bits per heavy atom. The van der Waals surface area contributed by atoms with Gasteiger partial charge in [0.05, 0.1) is 17.4 Å². The van der Waals surface area contributed by atoms with Crippen molar-refractivity contribution in [3.8, 4) is 0 Å². The van der Waals surface area contributed by atoms with E-state index in [0.717, 1.165) is 11.3 Å². The number of hydrogen-bond acceptors (Lipinski definition) is 2. The van der Waals surface area contributed by atoms with E-state index in [2.05, 4.69) is 11.4 Å². The van der Waals surface area contributed by atoms with Gasteiger partial charge < -0.3 is 4.90 Å². The van der Waals surface area contributed by atoms with Crippen LogP contribution in [-0.2, 0) is 15.1 Å². The quantitative estimate of drug-likeness (QED) is 0.534. The molecule has 3 aliphatic rings. The first kappa shape index (κ1) is 18.0. The van der Waals surface area contributed by atoms with Gasteiger partial charge in [-0.3, -0.25) is 14.4 Å². The lowest BCUT2D eigenvalue weighted by atomic mass is 9.57. The highest BCUT2D eigenvalue weighted by molar-refractivity contribution is 6.32. The number of likely N-dealkylation sites (N-methyl/N-ethyl adjacent to an activating group) is 1. The molecule has 2 bridgehead atoms. The molecule has 4 nitrogen and oxygen atoms in total. The summed E-state index contributed by atoms with van der Waals surface area (Å²) in [6, 6.07) is 5.50. The Morgan fingerprint density at radius 1 is 1.30 bits per heavy atom. The molecule has 5 heteroatoms. The fraction of sp³-hybridized carbons (Fsp3) is 0.409. The molecule has 0 saturated carbocycles. The number of nitrogens with zero attached hydrogens (tertiary/aromatic N) is 2. The van der Waals surface area contributed by atoms with E-state index in [1.807, 2.05) is 32.0 Å². The monoisotopic (exact) mass is 380 g/mol. The van der Waals surface area contributed by atoms with Crippen molar-refractivity contribution in [2.75, 3.05) is 11.9 Å². The topological polar surface area (TPSA) is 41.7 Å². The van der Waals surface area contributed by atoms with Crippen molar-refractivity contribution in [2.45, 2.75) is 32.2 Å². The van der Waals surface area contributed by atoms with Gasteiger partial charge in [0.15, 0.2) is 0 Å². The molecule has 1 amide bonds. The lowest BCUT2D eigenvalue weighted by Crippen LogP contribution is -2.54. The molecule has 0 N–H and O–H groups in total. The van der Waals surface area contributed by atoms with Crippen LogP contribution in [-0.4, -0.2) is 18.7 Å². The third-order valence-electron chi connectivity index (χ3n) is 7.02. The number of benzene rings is 1. The van der Waals surface area contributed by atoms with Crippen LogP contribution >= 0.6 is 11.6 Å². The molecule has 27 heavy (non-hydrogen) atoms. The highest BCUT2D eigenvalue weighted by atomic mass is 35.5. The molecule has 2 aliphatic carbocycles. The number of allylic oxidation sites excluding steroid dienone is 1. The number of rotatable bonds is 1. The molecule has 1 aromatic rings. The van der Waals surface area contributed by atoms with Crippen LogP contribution < -0.4 is 4.90 Å². The number of amides is 1. The second-order valence-electron chi connectivity index (χ2n) is 8.48. The lowest BCUT2D eigenvalue weighted by molar-refractivity contribution is -0.133. The first-order valence-electron chi connectivity index (χ1n) is 8.95. The van der Waals surface area contributed by atoms with E-state index in [0.29, 0.717) is 10.6 Å². The summed E-state index contributed by atoms with van der Waals surface area (Å²) in [6.07, 6.45) is 3.34. The molecule has 0 saturated heterocycles. The summed E-state index contributed by atoms with van der Waals surface area (Å²) in [5.74, 6) is -1.38. The fourth-order valence-electron chi connectivity index (χ4n) is 5.26. The van der Waals surface area contributed by atoms with Gasteiger partial charge in [0, 0.05) is 23.3 Å². The zero-order valence-electron chi connectivity index (χ0n) is 15.8. The van der Waals surface area contributed by atoms with Crippen LogP contribution in [0.1, 0.15) is 37.8 Å². The van der Waals surface area contributed by atoms with Crippen LogP contribution in [0.3, 0.4) is 0 Å². The Bertz CT molecular complexity index is 1000. The number of anilines is 1. The Hall–Kier alpha value is -2.38. The van der Waals surface area contributed by atoms with Crippen LogP contribution in [0.25, 0.3) is 4.85 Å². The van der Waals surface area contributed by atoms with E-state index in [-0.39, 0.29) is 11.7 Å². The average Bonchev–Trinajstić information content (AvgIpc) is 2.88. The molecule has 0 unspecified atom stereocenters. The van der Waals surface area contributed by atoms with Gasteiger partial charge in [-0.2, -0.15) is 0 Å². The van der Waals surface area contributed by atoms with Crippen molar-refractivity contribution in [2.24, 2.45) is 16.7 Å². The van der Waals surface area contributed by atoms with Crippen LogP contribution in [0.15, 0.2) is 42.0 Å². The number of ketones is 1. The van der Waals surface area contributed by atoms with Gasteiger partial charge in [-0.25, -0.2) is 6.57 Å². The molecule has 4 atom stereocenters. The summed E-state index contributed by atoms with van der Waals surface area (Å²) in [4.78, 5) is 32.7. The van der Waals surface area contributed by atoms with Crippen molar-refractivity contribution < 1.29 is 9.59 Å². The number of halogens is 1. The smallest absolute Gasteiger partial charge is 0.315 e. The summed E-state index contributed by atoms with van der Waals surface area (Å²) in [7, 11) is 1.75. The van der Waals surface area contributed by atoms with Gasteiger partial charge in [-0.1, -0.05) is 43.7 Å². The van der Waals surface area contributed by atoms with E-state index in [1.54, 1.807) is 31.0 Å². The maximum atomic E-state index is 13.9. The Balaban J connectivity index is 2.26. The summed E-state index contributed by atoms with van der Waals surface area (Å²) >= 11 is 6.70. The van der Waals surface area contributed by atoms with Gasteiger partial charge in [0.1, 0.15) is 5.41 Å². The summed E-state index contributed by atoms with van der Waals surface area (Å²) in [5.41, 5.74) is -1.16. The molecular weight excluding hydrogens is 360 g/mol. The van der Waals surface area contributed by atoms with E-state index in [9.17, 15) is 9.59 Å². The summed E-state index contributed by atoms with van der Waals surface area (Å²) < 4.78 is 0. The fourth-order valence-corrected chi connectivity index (χ4v) is 5.60. The minimum Gasteiger partial charge on any atom is -0.315 e. The maximum absolute atomic E-state index is 13.9. The second-order valence-corrected chi connectivity index (χ2v) is 8.88. The number of Topliss-reactive ketones (excluding diaryl/α,β-unsaturated/α-hetero) is 1. The van der Waals surface area contributed by atoms with Crippen molar-refractivity contribution in [1.29, 1.82) is 0 Å². The first-order valence-corrected chi connectivity index (χ1v) is 9.32. The maximum Gasteiger partial charge on any atom is 0.328 e. The SMILES string of the molecule is [C-]#[N+][C@@]12C(=O)[C@@H](C=C(Cl)[C@@]1(C)C=C)C(C)(C)[C@H]1C(=O)N(C)c3cccc2c31. The minimum absolute atomic E-state index is 0.0484. The largest absolute Gasteiger partial charge is 0.328 e. The number of fused-ring (bicyclic) bond motifs is 3. The molecule has 1 aliphatic heterocycles. The van der Waals surface area contributed by atoms with Crippen LogP contribution in [0.4, 0.5) is 5.69 Å². The second kappa shape index (κ2) is 5.11. The molecule has 0 aromatic heterocycles. The molecule has 1 heterocycles. The standard InChI is InChI=1S/C22H21ClN2O2/c1-7-21(4)15(23)11-13-18(26)22(21,24-5)12-9-8-10-14-16(12)17(20(13,2)3)19(27)25(14)6/h7-11,13,17H,1H2,2-4,6H3/t13-,17-,21-,22+/m1/s1. The number of carbonyl (C=O) groups is 2. The summed E-state index contributed by atoms with van der Waals surface area (Å²) in [6.45, 7) is 17.7. The van der Waals surface area contributed by atoms with E-state index < -0.39 is 28.2 Å². The Labute approximate surface area is 164 Å². The van der Waals surface area contributed by atoms with Crippen LogP contribution in [0, 0.1) is 23.3 Å². The van der Waals surface area contributed by atoms with Crippen LogP contribution in [0.2, 0.25) is 0 Å². The molecule has 0 fully saturated rings. The van der Waals surface area contributed by atoms with Gasteiger partial charge in [-0.05, 0) is 24.5 Å². The number of hydrogen-bond donors (Lipinski definition) is 0. The van der Waals surface area contributed by atoms with E-state index >= 15 is 0 Å².